The third-order valence-electron chi connectivity index (χ3n) is 9.06. The minimum absolute atomic E-state index is 0.0242. The maximum atomic E-state index is 13.5. The number of ketones is 2. The van der Waals surface area contributed by atoms with Crippen LogP contribution < -0.4 is 20.1 Å². The normalized spacial score (nSPS) is 17.0. The third-order valence-corrected chi connectivity index (χ3v) is 10.1. The van der Waals surface area contributed by atoms with E-state index in [0.717, 1.165) is 56.0 Å². The zero-order valence-corrected chi connectivity index (χ0v) is 26.4. The van der Waals surface area contributed by atoms with Crippen LogP contribution in [0.1, 0.15) is 64.7 Å². The Morgan fingerprint density at radius 3 is 2.46 bits per heavy atom. The molecule has 240 valence electrons. The molecule has 3 aliphatic rings. The minimum atomic E-state index is -0.672. The molecule has 14 nitrogen and oxygen atoms in total. The molecular weight excluding hydrogens is 610 g/mol. The number of fused-ring (bicyclic) bond motifs is 3. The van der Waals surface area contributed by atoms with E-state index < -0.39 is 16.5 Å². The van der Waals surface area contributed by atoms with Crippen molar-refractivity contribution in [2.45, 2.75) is 39.2 Å². The number of nitro groups is 1. The number of anilines is 3. The van der Waals surface area contributed by atoms with Crippen molar-refractivity contribution >= 4 is 55.3 Å². The Hall–Kier alpha value is -4.63. The number of piperazine rings is 1. The first kappa shape index (κ1) is 30.0. The number of carbonyl (C=O) groups excluding carboxylic acids is 2. The lowest BCUT2D eigenvalue weighted by Gasteiger charge is -2.36. The molecule has 4 aromatic rings. The van der Waals surface area contributed by atoms with Gasteiger partial charge < -0.3 is 20.3 Å². The number of nitrogens with one attached hydrogen (secondary N) is 1. The van der Waals surface area contributed by atoms with Gasteiger partial charge in [0.25, 0.3) is 5.69 Å². The molecule has 1 aliphatic carbocycles. The molecule has 7 rings (SSSR count). The summed E-state index contributed by atoms with van der Waals surface area (Å²) in [5.41, 5.74) is 1.64. The van der Waals surface area contributed by atoms with Crippen molar-refractivity contribution in [1.29, 1.82) is 0 Å². The van der Waals surface area contributed by atoms with Crippen molar-refractivity contribution in [2.75, 3.05) is 67.5 Å². The van der Waals surface area contributed by atoms with E-state index in [-0.39, 0.29) is 45.4 Å². The molecule has 0 spiro atoms. The molecule has 0 bridgehead atoms. The van der Waals surface area contributed by atoms with Gasteiger partial charge in [-0.15, -0.1) is 4.68 Å². The Kier molecular flexibility index (Phi) is 8.02. The maximum absolute atomic E-state index is 13.5. The number of aromatic nitrogens is 4. The van der Waals surface area contributed by atoms with Crippen LogP contribution in [0.3, 0.4) is 0 Å². The summed E-state index contributed by atoms with van der Waals surface area (Å²) < 4.78 is 2.41. The van der Waals surface area contributed by atoms with Crippen LogP contribution in [-0.4, -0.2) is 88.5 Å². The summed E-state index contributed by atoms with van der Waals surface area (Å²) in [7, 11) is 0. The van der Waals surface area contributed by atoms with Crippen molar-refractivity contribution in [1.82, 2.24) is 19.7 Å². The summed E-state index contributed by atoms with van der Waals surface area (Å²) in [6.07, 6.45) is 4.33. The van der Waals surface area contributed by atoms with Gasteiger partial charge in [0.05, 0.1) is 21.7 Å². The molecule has 2 aromatic heterocycles. The molecule has 0 unspecified atom stereocenters. The molecule has 2 fully saturated rings. The predicted octanol–water partition coefficient (Wildman–Crippen LogP) is 3.44. The van der Waals surface area contributed by atoms with Gasteiger partial charge in [-0.05, 0) is 56.9 Å². The summed E-state index contributed by atoms with van der Waals surface area (Å²) in [5.74, 6) is -1.22. The van der Waals surface area contributed by atoms with Crippen LogP contribution in [0.4, 0.5) is 22.2 Å². The largest absolute Gasteiger partial charge is 0.571 e. The van der Waals surface area contributed by atoms with E-state index in [0.29, 0.717) is 19.5 Å². The second-order valence-corrected chi connectivity index (χ2v) is 12.9. The number of rotatable bonds is 9. The first-order chi connectivity index (χ1) is 22.3. The molecule has 0 saturated carbocycles. The van der Waals surface area contributed by atoms with Gasteiger partial charge in [0.2, 0.25) is 17.3 Å². The van der Waals surface area contributed by atoms with Gasteiger partial charge in [-0.25, -0.2) is 4.98 Å². The summed E-state index contributed by atoms with van der Waals surface area (Å²) in [6.45, 7) is 8.70. The highest BCUT2D eigenvalue weighted by atomic mass is 32.1. The fourth-order valence-electron chi connectivity index (χ4n) is 6.66. The molecule has 0 atom stereocenters. The van der Waals surface area contributed by atoms with Gasteiger partial charge in [0, 0.05) is 85.3 Å². The van der Waals surface area contributed by atoms with Gasteiger partial charge in [-0.1, -0.05) is 11.3 Å². The molecule has 1 N–H and O–H groups in total. The average Bonchev–Trinajstić information content (AvgIpc) is 3.65. The third kappa shape index (κ3) is 5.42. The molecule has 46 heavy (non-hydrogen) atoms. The number of hydrogen-bond acceptors (Lipinski definition) is 12. The minimum Gasteiger partial charge on any atom is -0.571 e. The van der Waals surface area contributed by atoms with Crippen LogP contribution in [0.25, 0.3) is 10.2 Å². The lowest BCUT2D eigenvalue weighted by atomic mass is 9.89. The lowest BCUT2D eigenvalue weighted by molar-refractivity contribution is -0.749. The first-order valence-corrected chi connectivity index (χ1v) is 16.6. The number of hydrogen-bond donors (Lipinski definition) is 1. The van der Waals surface area contributed by atoms with Crippen molar-refractivity contribution in [3.8, 4) is 0 Å². The fourth-order valence-corrected chi connectivity index (χ4v) is 7.71. The van der Waals surface area contributed by atoms with Crippen molar-refractivity contribution in [3.05, 3.63) is 68.2 Å². The smallest absolute Gasteiger partial charge is 0.293 e. The van der Waals surface area contributed by atoms with E-state index in [2.05, 4.69) is 43.3 Å². The molecule has 15 heteroatoms. The number of thiazole rings is 1. The molecule has 2 aromatic carbocycles. The number of nitro benzene ring substituents is 1. The Morgan fingerprint density at radius 2 is 1.72 bits per heavy atom. The van der Waals surface area contributed by atoms with Crippen LogP contribution in [0, 0.1) is 15.3 Å². The van der Waals surface area contributed by atoms with E-state index in [1.807, 2.05) is 0 Å². The molecular formula is C31H35N9O5S. The SMILES string of the molecule is CCNc1cc2c(cc1[N+](=O)[O-])C(=O)c1n[n+]([O-])n(CCCN3CCN(c4ccc5nc(N6CCCCC6)sc5c4)CC3)c1C2=O. The van der Waals surface area contributed by atoms with Crippen LogP contribution in [-0.2, 0) is 6.54 Å². The van der Waals surface area contributed by atoms with Gasteiger partial charge in [0.1, 0.15) is 5.69 Å². The molecule has 0 amide bonds. The topological polar surface area (TPSA) is 157 Å². The van der Waals surface area contributed by atoms with Gasteiger partial charge in [-0.3, -0.25) is 24.6 Å². The van der Waals surface area contributed by atoms with E-state index in [9.17, 15) is 24.9 Å². The Labute approximate surface area is 268 Å². The number of carbonyl (C=O) groups is 2. The summed E-state index contributed by atoms with van der Waals surface area (Å²) >= 11 is 1.77. The van der Waals surface area contributed by atoms with Crippen molar-refractivity contribution < 1.29 is 19.5 Å². The lowest BCUT2D eigenvalue weighted by Crippen LogP contribution is -2.47. The zero-order chi connectivity index (χ0) is 31.9. The van der Waals surface area contributed by atoms with E-state index in [1.165, 1.54) is 40.4 Å². The Bertz CT molecular complexity index is 1840. The Morgan fingerprint density at radius 1 is 0.957 bits per heavy atom. The standard InChI is InChI=1S/C31H35N9O5S/c1-2-32-24-18-21-22(19-25(24)39(43)44)29(41)27-28(30(21)42)38(40(45)34-27)12-6-9-35-13-15-36(16-14-35)20-7-8-23-26(17-20)46-31(33-23)37-10-4-3-5-11-37/h7-8,17-19,32H,2-6,9-16H2,1H3. The number of piperidine rings is 1. The summed E-state index contributed by atoms with van der Waals surface area (Å²) in [5, 5.41) is 32.2. The highest BCUT2D eigenvalue weighted by molar-refractivity contribution is 7.22. The van der Waals surface area contributed by atoms with E-state index >= 15 is 0 Å². The summed E-state index contributed by atoms with van der Waals surface area (Å²) in [6, 6.07) is 8.95. The molecule has 2 saturated heterocycles. The van der Waals surface area contributed by atoms with Gasteiger partial charge in [-0.2, -0.15) is 0 Å². The highest BCUT2D eigenvalue weighted by Gasteiger charge is 2.41. The predicted molar refractivity (Wildman–Crippen MR) is 174 cm³/mol. The molecule has 2 aliphatic heterocycles. The van der Waals surface area contributed by atoms with Crippen LogP contribution in [0.5, 0.6) is 0 Å². The fraction of sp³-hybridized carbons (Fsp3) is 0.452. The van der Waals surface area contributed by atoms with Gasteiger partial charge in [0.15, 0.2) is 10.8 Å². The second-order valence-electron chi connectivity index (χ2n) is 11.9. The number of nitrogens with zero attached hydrogens (tertiary/aromatic N) is 8. The van der Waals surface area contributed by atoms with Crippen LogP contribution in [0.2, 0.25) is 0 Å². The second kappa shape index (κ2) is 12.3. The van der Waals surface area contributed by atoms with Crippen LogP contribution in [0.15, 0.2) is 30.3 Å². The van der Waals surface area contributed by atoms with Crippen molar-refractivity contribution in [2.24, 2.45) is 0 Å². The molecule has 0 radical (unpaired) electrons. The maximum Gasteiger partial charge on any atom is 0.293 e. The van der Waals surface area contributed by atoms with E-state index in [1.54, 1.807) is 18.3 Å². The monoisotopic (exact) mass is 645 g/mol. The van der Waals surface area contributed by atoms with Gasteiger partial charge >= 0.3 is 0 Å². The Balaban J connectivity index is 0.986. The molecule has 4 heterocycles. The average molecular weight is 646 g/mol. The quantitative estimate of drug-likeness (QED) is 0.108. The highest BCUT2D eigenvalue weighted by Crippen LogP contribution is 2.35. The van der Waals surface area contributed by atoms with E-state index in [4.69, 9.17) is 4.98 Å². The van der Waals surface area contributed by atoms with Crippen molar-refractivity contribution in [3.63, 3.8) is 0 Å². The van der Waals surface area contributed by atoms with Crippen LogP contribution >= 0.6 is 11.3 Å². The number of benzene rings is 2. The first-order valence-electron chi connectivity index (χ1n) is 15.8. The summed E-state index contributed by atoms with van der Waals surface area (Å²) in [4.78, 5) is 50.1. The zero-order valence-electron chi connectivity index (χ0n) is 25.6.